The Morgan fingerprint density at radius 1 is 1.27 bits per heavy atom. The van der Waals surface area contributed by atoms with E-state index in [1.165, 1.54) is 30.3 Å². The van der Waals surface area contributed by atoms with Crippen LogP contribution in [-0.2, 0) is 0 Å². The number of benzene rings is 1. The van der Waals surface area contributed by atoms with Gasteiger partial charge in [0.15, 0.2) is 0 Å². The van der Waals surface area contributed by atoms with Crippen molar-refractivity contribution in [1.29, 1.82) is 0 Å². The molecule has 5 nitrogen and oxygen atoms in total. The lowest BCUT2D eigenvalue weighted by Crippen LogP contribution is -2.01. The Labute approximate surface area is 125 Å². The Hall–Kier alpha value is -2.76. The van der Waals surface area contributed by atoms with Gasteiger partial charge < -0.3 is 9.63 Å². The van der Waals surface area contributed by atoms with Crippen LogP contribution in [-0.4, -0.2) is 21.2 Å². The van der Waals surface area contributed by atoms with Crippen LogP contribution in [0.1, 0.15) is 35.8 Å². The first-order chi connectivity index (χ1) is 10.5. The number of carboxylic acids is 1. The molecular formula is C16H13FN2O3. The topological polar surface area (TPSA) is 76.2 Å². The highest BCUT2D eigenvalue weighted by Crippen LogP contribution is 2.30. The summed E-state index contributed by atoms with van der Waals surface area (Å²) in [7, 11) is 0. The van der Waals surface area contributed by atoms with E-state index in [0.717, 1.165) is 0 Å². The van der Waals surface area contributed by atoms with Gasteiger partial charge in [0.1, 0.15) is 5.82 Å². The molecule has 0 saturated carbocycles. The lowest BCUT2D eigenvalue weighted by molar-refractivity contribution is 0.0699. The van der Waals surface area contributed by atoms with Gasteiger partial charge in [0.2, 0.25) is 0 Å². The van der Waals surface area contributed by atoms with E-state index < -0.39 is 5.97 Å². The fourth-order valence-corrected chi connectivity index (χ4v) is 2.30. The summed E-state index contributed by atoms with van der Waals surface area (Å²) in [5.41, 5.74) is 1.81. The third-order valence-electron chi connectivity index (χ3n) is 3.39. The number of nitrogens with zero attached hydrogens (tertiary/aromatic N) is 2. The zero-order valence-electron chi connectivity index (χ0n) is 12.0. The van der Waals surface area contributed by atoms with Crippen molar-refractivity contribution in [2.24, 2.45) is 0 Å². The van der Waals surface area contributed by atoms with Gasteiger partial charge in [0.05, 0.1) is 22.3 Å². The van der Waals surface area contributed by atoms with Gasteiger partial charge in [-0.25, -0.2) is 14.2 Å². The number of aromatic carboxylic acids is 1. The molecule has 0 saturated heterocycles. The quantitative estimate of drug-likeness (QED) is 0.795. The third-order valence-corrected chi connectivity index (χ3v) is 3.39. The smallest absolute Gasteiger partial charge is 0.336 e. The van der Waals surface area contributed by atoms with Crippen molar-refractivity contribution in [2.75, 3.05) is 0 Å². The number of carbonyl (C=O) groups is 1. The number of pyridine rings is 1. The number of hydrogen-bond acceptors (Lipinski definition) is 4. The van der Waals surface area contributed by atoms with Crippen LogP contribution in [0.4, 0.5) is 4.39 Å². The van der Waals surface area contributed by atoms with Crippen LogP contribution >= 0.6 is 0 Å². The average Bonchev–Trinajstić information content (AvgIpc) is 2.90. The minimum Gasteiger partial charge on any atom is -0.478 e. The molecule has 22 heavy (non-hydrogen) atoms. The predicted octanol–water partition coefficient (Wildman–Crippen LogP) is 3.85. The van der Waals surface area contributed by atoms with E-state index in [1.807, 2.05) is 13.8 Å². The van der Waals surface area contributed by atoms with E-state index in [0.29, 0.717) is 22.3 Å². The Morgan fingerprint density at radius 3 is 2.55 bits per heavy atom. The number of carboxylic acid groups (broad SMARTS) is 1. The van der Waals surface area contributed by atoms with E-state index in [4.69, 9.17) is 4.52 Å². The monoisotopic (exact) mass is 300 g/mol. The summed E-state index contributed by atoms with van der Waals surface area (Å²) in [6.45, 7) is 3.80. The normalized spacial score (nSPS) is 11.3. The highest BCUT2D eigenvalue weighted by molar-refractivity contribution is 6.03. The standard InChI is InChI=1S/C16H13FN2O3/c1-8(2)14-13-11(16(20)21)7-12(18-15(13)22-19-14)9-3-5-10(17)6-4-9/h3-8H,1-2H3,(H,20,21). The SMILES string of the molecule is CC(C)c1noc2nc(-c3ccc(F)cc3)cc(C(=O)O)c12. The molecule has 3 rings (SSSR count). The first kappa shape index (κ1) is 14.2. The van der Waals surface area contributed by atoms with Crippen LogP contribution in [0.25, 0.3) is 22.4 Å². The van der Waals surface area contributed by atoms with Gasteiger partial charge in [0.25, 0.3) is 5.71 Å². The van der Waals surface area contributed by atoms with Crippen LogP contribution in [0.3, 0.4) is 0 Å². The number of aromatic nitrogens is 2. The summed E-state index contributed by atoms with van der Waals surface area (Å²) in [6, 6.07) is 7.12. The second kappa shape index (κ2) is 5.22. The second-order valence-corrected chi connectivity index (χ2v) is 5.27. The molecule has 0 aliphatic rings. The van der Waals surface area contributed by atoms with Crippen molar-refractivity contribution in [3.63, 3.8) is 0 Å². The van der Waals surface area contributed by atoms with Gasteiger partial charge in [-0.05, 0) is 36.2 Å². The molecular weight excluding hydrogens is 287 g/mol. The van der Waals surface area contributed by atoms with Crippen molar-refractivity contribution < 1.29 is 18.8 Å². The Bertz CT molecular complexity index is 854. The van der Waals surface area contributed by atoms with Gasteiger partial charge in [-0.1, -0.05) is 19.0 Å². The molecule has 0 aliphatic carbocycles. The van der Waals surface area contributed by atoms with Crippen LogP contribution in [0.5, 0.6) is 0 Å². The Balaban J connectivity index is 2.27. The van der Waals surface area contributed by atoms with Crippen molar-refractivity contribution in [1.82, 2.24) is 10.1 Å². The molecule has 112 valence electrons. The molecule has 0 bridgehead atoms. The first-order valence-electron chi connectivity index (χ1n) is 6.77. The summed E-state index contributed by atoms with van der Waals surface area (Å²) in [5, 5.41) is 13.8. The van der Waals surface area contributed by atoms with Gasteiger partial charge in [-0.15, -0.1) is 0 Å². The molecule has 0 spiro atoms. The lowest BCUT2D eigenvalue weighted by Gasteiger charge is -2.05. The molecule has 0 fully saturated rings. The first-order valence-corrected chi connectivity index (χ1v) is 6.77. The number of halogens is 1. The molecule has 0 unspecified atom stereocenters. The highest BCUT2D eigenvalue weighted by atomic mass is 19.1. The largest absolute Gasteiger partial charge is 0.478 e. The molecule has 0 amide bonds. The van der Waals surface area contributed by atoms with Crippen molar-refractivity contribution in [3.05, 3.63) is 47.4 Å². The summed E-state index contributed by atoms with van der Waals surface area (Å²) in [5.74, 6) is -1.44. The van der Waals surface area contributed by atoms with E-state index in [-0.39, 0.29) is 23.0 Å². The molecule has 1 N–H and O–H groups in total. The highest BCUT2D eigenvalue weighted by Gasteiger charge is 2.22. The van der Waals surface area contributed by atoms with Crippen LogP contribution in [0.2, 0.25) is 0 Å². The summed E-state index contributed by atoms with van der Waals surface area (Å²) >= 11 is 0. The van der Waals surface area contributed by atoms with Gasteiger partial charge in [-0.3, -0.25) is 0 Å². The van der Waals surface area contributed by atoms with E-state index >= 15 is 0 Å². The Morgan fingerprint density at radius 2 is 1.95 bits per heavy atom. The third kappa shape index (κ3) is 2.32. The van der Waals surface area contributed by atoms with E-state index in [2.05, 4.69) is 10.1 Å². The lowest BCUT2D eigenvalue weighted by atomic mass is 10.0. The van der Waals surface area contributed by atoms with Gasteiger partial charge in [0, 0.05) is 5.56 Å². The summed E-state index contributed by atoms with van der Waals surface area (Å²) in [4.78, 5) is 15.9. The van der Waals surface area contributed by atoms with Crippen LogP contribution in [0, 0.1) is 5.82 Å². The van der Waals surface area contributed by atoms with Crippen molar-refractivity contribution in [2.45, 2.75) is 19.8 Å². The number of hydrogen-bond donors (Lipinski definition) is 1. The molecule has 3 aromatic rings. The number of fused-ring (bicyclic) bond motifs is 1. The maximum atomic E-state index is 13.0. The fourth-order valence-electron chi connectivity index (χ4n) is 2.30. The molecule has 0 atom stereocenters. The second-order valence-electron chi connectivity index (χ2n) is 5.27. The maximum absolute atomic E-state index is 13.0. The summed E-state index contributed by atoms with van der Waals surface area (Å²) < 4.78 is 18.2. The van der Waals surface area contributed by atoms with Crippen LogP contribution < -0.4 is 0 Å². The Kier molecular flexibility index (Phi) is 3.36. The molecule has 2 aromatic heterocycles. The average molecular weight is 300 g/mol. The summed E-state index contributed by atoms with van der Waals surface area (Å²) in [6.07, 6.45) is 0. The minimum atomic E-state index is -1.08. The molecule has 1 aromatic carbocycles. The van der Waals surface area contributed by atoms with Crippen LogP contribution in [0.15, 0.2) is 34.9 Å². The zero-order valence-corrected chi connectivity index (χ0v) is 12.0. The fraction of sp³-hybridized carbons (Fsp3) is 0.188. The van der Waals surface area contributed by atoms with Gasteiger partial charge in [-0.2, -0.15) is 0 Å². The van der Waals surface area contributed by atoms with Crippen molar-refractivity contribution >= 4 is 17.1 Å². The molecule has 2 heterocycles. The molecule has 0 radical (unpaired) electrons. The maximum Gasteiger partial charge on any atom is 0.336 e. The zero-order chi connectivity index (χ0) is 15.9. The number of rotatable bonds is 3. The minimum absolute atomic E-state index is 0.0119. The van der Waals surface area contributed by atoms with Gasteiger partial charge >= 0.3 is 5.97 Å². The molecule has 6 heteroatoms. The van der Waals surface area contributed by atoms with Crippen molar-refractivity contribution in [3.8, 4) is 11.3 Å². The molecule has 0 aliphatic heterocycles. The van der Waals surface area contributed by atoms with E-state index in [9.17, 15) is 14.3 Å². The predicted molar refractivity (Wildman–Crippen MR) is 78.2 cm³/mol. The van der Waals surface area contributed by atoms with E-state index in [1.54, 1.807) is 0 Å².